The molecule has 0 radical (unpaired) electrons. The molecule has 0 saturated carbocycles. The number of sulfonamides is 1. The highest BCUT2D eigenvalue weighted by molar-refractivity contribution is 7.89. The van der Waals surface area contributed by atoms with Gasteiger partial charge in [-0.1, -0.05) is 12.1 Å². The molecule has 2 rings (SSSR count). The van der Waals surface area contributed by atoms with Gasteiger partial charge in [-0.3, -0.25) is 0 Å². The van der Waals surface area contributed by atoms with Crippen LogP contribution >= 0.6 is 11.3 Å². The Bertz CT molecular complexity index is 698. The fourth-order valence-electron chi connectivity index (χ4n) is 1.88. The Morgan fingerprint density at radius 1 is 1.30 bits per heavy atom. The Kier molecular flexibility index (Phi) is 4.39. The fraction of sp³-hybridized carbons (Fsp3) is 0.385. The summed E-state index contributed by atoms with van der Waals surface area (Å²) in [5.74, 6) is 0.429. The van der Waals surface area contributed by atoms with Gasteiger partial charge in [-0.05, 0) is 26.0 Å². The highest BCUT2D eigenvalue weighted by Crippen LogP contribution is 2.23. The summed E-state index contributed by atoms with van der Waals surface area (Å²) < 4.78 is 28.0. The molecule has 1 aromatic heterocycles. The van der Waals surface area contributed by atoms with Gasteiger partial charge in [0, 0.05) is 13.1 Å². The van der Waals surface area contributed by atoms with Crippen molar-refractivity contribution in [1.29, 1.82) is 0 Å². The lowest BCUT2D eigenvalue weighted by Gasteiger charge is -2.20. The maximum atomic E-state index is 11.5. The zero-order chi connectivity index (χ0) is 14.8. The van der Waals surface area contributed by atoms with E-state index < -0.39 is 10.0 Å². The fourth-order valence-corrected chi connectivity index (χ4v) is 3.44. The number of rotatable bonds is 4. The number of benzene rings is 1. The first-order chi connectivity index (χ1) is 9.44. The van der Waals surface area contributed by atoms with E-state index in [4.69, 9.17) is 0 Å². The summed E-state index contributed by atoms with van der Waals surface area (Å²) in [6, 6.07) is 7.73. The molecule has 0 saturated heterocycles. The van der Waals surface area contributed by atoms with Crippen LogP contribution in [-0.2, 0) is 10.0 Å². The zero-order valence-electron chi connectivity index (χ0n) is 11.7. The van der Waals surface area contributed by atoms with Crippen molar-refractivity contribution in [3.8, 4) is 0 Å². The van der Waals surface area contributed by atoms with E-state index in [-0.39, 0.29) is 0 Å². The second kappa shape index (κ2) is 5.88. The summed E-state index contributed by atoms with van der Waals surface area (Å²) in [5.41, 5.74) is 0.862. The number of aromatic nitrogens is 1. The maximum absolute atomic E-state index is 11.5. The first kappa shape index (κ1) is 14.9. The zero-order valence-corrected chi connectivity index (χ0v) is 13.3. The van der Waals surface area contributed by atoms with Gasteiger partial charge in [0.2, 0.25) is 0 Å². The van der Waals surface area contributed by atoms with Crippen molar-refractivity contribution in [2.24, 2.45) is 4.40 Å². The first-order valence-corrected chi connectivity index (χ1v) is 9.02. The molecule has 0 aliphatic rings. The highest BCUT2D eigenvalue weighted by Gasteiger charge is 2.17. The van der Waals surface area contributed by atoms with Crippen LogP contribution in [0.1, 0.15) is 18.9 Å². The molecule has 20 heavy (non-hydrogen) atoms. The molecule has 0 bridgehead atoms. The molecular formula is C13H17N3O2S2. The molecule has 0 aliphatic heterocycles. The van der Waals surface area contributed by atoms with Crippen LogP contribution in [0.2, 0.25) is 0 Å². The van der Waals surface area contributed by atoms with Gasteiger partial charge in [0.25, 0.3) is 10.0 Å². The average molecular weight is 311 g/mol. The highest BCUT2D eigenvalue weighted by atomic mass is 32.2. The van der Waals surface area contributed by atoms with Crippen LogP contribution in [0.15, 0.2) is 28.7 Å². The van der Waals surface area contributed by atoms with Crippen LogP contribution in [0, 0.1) is 0 Å². The normalized spacial score (nSPS) is 12.8. The quantitative estimate of drug-likeness (QED) is 0.642. The van der Waals surface area contributed by atoms with E-state index in [9.17, 15) is 8.42 Å². The van der Waals surface area contributed by atoms with Crippen molar-refractivity contribution in [2.45, 2.75) is 13.8 Å². The molecule has 108 valence electrons. The maximum Gasteiger partial charge on any atom is 0.252 e. The van der Waals surface area contributed by atoms with E-state index in [2.05, 4.69) is 9.38 Å². The smallest absolute Gasteiger partial charge is 0.252 e. The van der Waals surface area contributed by atoms with Crippen molar-refractivity contribution in [3.63, 3.8) is 0 Å². The SMILES string of the molecule is CCN(CC)/C(=N/S(C)(=O)=O)c1nc2ccccc2s1. The van der Waals surface area contributed by atoms with Gasteiger partial charge in [-0.15, -0.1) is 15.7 Å². The van der Waals surface area contributed by atoms with Crippen molar-refractivity contribution in [1.82, 2.24) is 9.88 Å². The van der Waals surface area contributed by atoms with E-state index in [1.807, 2.05) is 43.0 Å². The minimum atomic E-state index is -3.46. The molecule has 2 aromatic rings. The van der Waals surface area contributed by atoms with Gasteiger partial charge < -0.3 is 4.90 Å². The molecule has 5 nitrogen and oxygen atoms in total. The Balaban J connectivity index is 2.59. The van der Waals surface area contributed by atoms with Crippen LogP contribution in [0.3, 0.4) is 0 Å². The lowest BCUT2D eigenvalue weighted by Crippen LogP contribution is -2.32. The molecule has 0 unspecified atom stereocenters. The Morgan fingerprint density at radius 2 is 1.95 bits per heavy atom. The van der Waals surface area contributed by atoms with Gasteiger partial charge in [0.15, 0.2) is 10.8 Å². The molecule has 0 amide bonds. The minimum absolute atomic E-state index is 0.429. The van der Waals surface area contributed by atoms with Gasteiger partial charge in [-0.25, -0.2) is 13.4 Å². The third-order valence-electron chi connectivity index (χ3n) is 2.80. The van der Waals surface area contributed by atoms with Crippen molar-refractivity contribution >= 4 is 37.4 Å². The summed E-state index contributed by atoms with van der Waals surface area (Å²) in [6.45, 7) is 5.30. The molecule has 0 spiro atoms. The monoisotopic (exact) mass is 311 g/mol. The summed E-state index contributed by atoms with van der Waals surface area (Å²) in [6.07, 6.45) is 1.10. The molecule has 1 heterocycles. The van der Waals surface area contributed by atoms with Crippen LogP contribution in [0.4, 0.5) is 0 Å². The van der Waals surface area contributed by atoms with Crippen LogP contribution in [0.25, 0.3) is 10.2 Å². The third kappa shape index (κ3) is 3.34. The van der Waals surface area contributed by atoms with Gasteiger partial charge in [0.05, 0.1) is 16.5 Å². The number of para-hydroxylation sites is 1. The summed E-state index contributed by atoms with van der Waals surface area (Å²) in [5, 5.41) is 0.639. The molecule has 1 aromatic carbocycles. The van der Waals surface area contributed by atoms with E-state index in [1.165, 1.54) is 11.3 Å². The number of fused-ring (bicyclic) bond motifs is 1. The molecule has 0 aliphatic carbocycles. The summed E-state index contributed by atoms with van der Waals surface area (Å²) in [7, 11) is -3.46. The molecular weight excluding hydrogens is 294 g/mol. The minimum Gasteiger partial charge on any atom is -0.354 e. The lowest BCUT2D eigenvalue weighted by molar-refractivity contribution is 0.466. The predicted molar refractivity (Wildman–Crippen MR) is 83.9 cm³/mol. The topological polar surface area (TPSA) is 62.6 Å². The number of amidine groups is 1. The van der Waals surface area contributed by atoms with Crippen molar-refractivity contribution in [2.75, 3.05) is 19.3 Å². The first-order valence-electron chi connectivity index (χ1n) is 6.35. The lowest BCUT2D eigenvalue weighted by atomic mass is 10.3. The average Bonchev–Trinajstić information content (AvgIpc) is 2.81. The van der Waals surface area contributed by atoms with Gasteiger partial charge >= 0.3 is 0 Å². The Labute approximate surface area is 123 Å². The number of nitrogens with zero attached hydrogens (tertiary/aromatic N) is 3. The van der Waals surface area contributed by atoms with Crippen molar-refractivity contribution < 1.29 is 8.42 Å². The number of hydrogen-bond acceptors (Lipinski definition) is 4. The second-order valence-corrected chi connectivity index (χ2v) is 6.99. The third-order valence-corrected chi connectivity index (χ3v) is 4.34. The summed E-state index contributed by atoms with van der Waals surface area (Å²) >= 11 is 1.46. The molecule has 0 fully saturated rings. The number of thiazole rings is 1. The van der Waals surface area contributed by atoms with Crippen molar-refractivity contribution in [3.05, 3.63) is 29.3 Å². The van der Waals surface area contributed by atoms with Gasteiger partial charge in [-0.2, -0.15) is 0 Å². The van der Waals surface area contributed by atoms with E-state index >= 15 is 0 Å². The molecule has 0 N–H and O–H groups in total. The molecule has 7 heteroatoms. The second-order valence-electron chi connectivity index (χ2n) is 4.31. The largest absolute Gasteiger partial charge is 0.354 e. The predicted octanol–water partition coefficient (Wildman–Crippen LogP) is 2.34. The van der Waals surface area contributed by atoms with Crippen LogP contribution < -0.4 is 0 Å². The van der Waals surface area contributed by atoms with E-state index in [1.54, 1.807) is 0 Å². The Morgan fingerprint density at radius 3 is 2.50 bits per heavy atom. The standard InChI is InChI=1S/C13H17N3O2S2/c1-4-16(5-2)12(15-20(3,17)18)13-14-10-8-6-7-9-11(10)19-13/h6-9H,4-5H2,1-3H3/b15-12+. The van der Waals surface area contributed by atoms with E-state index in [0.29, 0.717) is 23.9 Å². The summed E-state index contributed by atoms with van der Waals surface area (Å²) in [4.78, 5) is 6.40. The molecule has 0 atom stereocenters. The van der Waals surface area contributed by atoms with Crippen LogP contribution in [0.5, 0.6) is 0 Å². The van der Waals surface area contributed by atoms with E-state index in [0.717, 1.165) is 16.5 Å². The number of hydrogen-bond donors (Lipinski definition) is 0. The Hall–Kier alpha value is -1.47. The van der Waals surface area contributed by atoms with Gasteiger partial charge in [0.1, 0.15) is 0 Å². The van der Waals surface area contributed by atoms with Crippen LogP contribution in [-0.4, -0.2) is 43.5 Å².